The molecule has 0 N–H and O–H groups in total. The number of aryl methyl sites for hydroxylation is 2. The summed E-state index contributed by atoms with van der Waals surface area (Å²) in [5, 5.41) is 0. The van der Waals surface area contributed by atoms with E-state index in [0.717, 1.165) is 37.6 Å². The summed E-state index contributed by atoms with van der Waals surface area (Å²) in [5.74, 6) is 1.98. The molecule has 0 unspecified atom stereocenters. The number of ether oxygens (including phenoxy) is 2. The Morgan fingerprint density at radius 1 is 0.462 bits per heavy atom. The molecule has 2 aromatic rings. The van der Waals surface area contributed by atoms with Gasteiger partial charge in [-0.3, -0.25) is 0 Å². The lowest BCUT2D eigenvalue weighted by Gasteiger charge is -2.07. The maximum atomic E-state index is 5.76. The van der Waals surface area contributed by atoms with Crippen LogP contribution >= 0.6 is 0 Å². The third-order valence-electron chi connectivity index (χ3n) is 4.62. The molecule has 0 spiro atoms. The summed E-state index contributed by atoms with van der Waals surface area (Å²) >= 11 is 0. The molecule has 2 aromatic carbocycles. The molecule has 0 amide bonds. The largest absolute Gasteiger partial charge is 0.494 e. The maximum Gasteiger partial charge on any atom is 0.119 e. The predicted molar refractivity (Wildman–Crippen MR) is 110 cm³/mol. The minimum absolute atomic E-state index is 0.833. The van der Waals surface area contributed by atoms with Crippen LogP contribution in [0.5, 0.6) is 11.5 Å². The van der Waals surface area contributed by atoms with Crippen molar-refractivity contribution in [2.45, 2.75) is 65.2 Å². The van der Waals surface area contributed by atoms with Gasteiger partial charge in [-0.1, -0.05) is 73.9 Å². The highest BCUT2D eigenvalue weighted by molar-refractivity contribution is 5.26. The number of unbranched alkanes of at least 4 members (excludes halogenated alkanes) is 7. The average molecular weight is 355 g/mol. The lowest BCUT2D eigenvalue weighted by molar-refractivity contribution is 0.301. The Kier molecular flexibility index (Phi) is 9.71. The van der Waals surface area contributed by atoms with Gasteiger partial charge in [0.1, 0.15) is 11.5 Å². The Balaban J connectivity index is 1.35. The minimum atomic E-state index is 0.833. The smallest absolute Gasteiger partial charge is 0.119 e. The molecule has 0 radical (unpaired) electrons. The standard InChI is InChI=1S/C24H34O2/c1-21-11-15-23(16-12-21)25-19-9-7-5-3-4-6-8-10-20-26-24-17-13-22(2)14-18-24/h11-18H,3-10,19-20H2,1-2H3. The van der Waals surface area contributed by atoms with Gasteiger partial charge < -0.3 is 9.47 Å². The van der Waals surface area contributed by atoms with Crippen molar-refractivity contribution < 1.29 is 9.47 Å². The quantitative estimate of drug-likeness (QED) is 0.365. The van der Waals surface area contributed by atoms with Crippen molar-refractivity contribution in [3.05, 3.63) is 59.7 Å². The molecule has 0 aliphatic carbocycles. The fourth-order valence-corrected chi connectivity index (χ4v) is 2.91. The van der Waals surface area contributed by atoms with Crippen LogP contribution in [-0.4, -0.2) is 13.2 Å². The Hall–Kier alpha value is -1.96. The van der Waals surface area contributed by atoms with E-state index in [1.165, 1.54) is 49.7 Å². The highest BCUT2D eigenvalue weighted by atomic mass is 16.5. The van der Waals surface area contributed by atoms with Crippen LogP contribution in [-0.2, 0) is 0 Å². The number of hydrogen-bond acceptors (Lipinski definition) is 2. The summed E-state index contributed by atoms with van der Waals surface area (Å²) in [6.45, 7) is 5.86. The Morgan fingerprint density at radius 3 is 1.12 bits per heavy atom. The first kappa shape index (κ1) is 20.4. The first-order chi connectivity index (χ1) is 12.7. The number of benzene rings is 2. The van der Waals surface area contributed by atoms with Gasteiger partial charge in [0.2, 0.25) is 0 Å². The van der Waals surface area contributed by atoms with E-state index in [0.29, 0.717) is 0 Å². The molecule has 0 heterocycles. The van der Waals surface area contributed by atoms with Crippen molar-refractivity contribution in [2.24, 2.45) is 0 Å². The fourth-order valence-electron chi connectivity index (χ4n) is 2.91. The monoisotopic (exact) mass is 354 g/mol. The van der Waals surface area contributed by atoms with Crippen molar-refractivity contribution in [3.8, 4) is 11.5 Å². The van der Waals surface area contributed by atoms with Gasteiger partial charge in [-0.15, -0.1) is 0 Å². The first-order valence-electron chi connectivity index (χ1n) is 10.1. The van der Waals surface area contributed by atoms with Crippen LogP contribution in [0.4, 0.5) is 0 Å². The van der Waals surface area contributed by atoms with Crippen LogP contribution in [0.25, 0.3) is 0 Å². The van der Waals surface area contributed by atoms with Gasteiger partial charge in [0.15, 0.2) is 0 Å². The van der Waals surface area contributed by atoms with E-state index in [1.807, 2.05) is 0 Å². The molecule has 0 fully saturated rings. The van der Waals surface area contributed by atoms with Gasteiger partial charge in [0.25, 0.3) is 0 Å². The summed E-state index contributed by atoms with van der Waals surface area (Å²) < 4.78 is 11.5. The van der Waals surface area contributed by atoms with E-state index in [9.17, 15) is 0 Å². The molecule has 0 saturated carbocycles. The summed E-state index contributed by atoms with van der Waals surface area (Å²) in [4.78, 5) is 0. The molecule has 0 bridgehead atoms. The zero-order chi connectivity index (χ0) is 18.5. The van der Waals surface area contributed by atoms with Gasteiger partial charge in [-0.05, 0) is 51.0 Å². The normalized spacial score (nSPS) is 10.7. The summed E-state index contributed by atoms with van der Waals surface area (Å²) in [7, 11) is 0. The van der Waals surface area contributed by atoms with Gasteiger partial charge in [0, 0.05) is 0 Å². The van der Waals surface area contributed by atoms with Crippen LogP contribution < -0.4 is 9.47 Å². The second-order valence-electron chi connectivity index (χ2n) is 7.15. The van der Waals surface area contributed by atoms with Crippen molar-refractivity contribution in [2.75, 3.05) is 13.2 Å². The molecule has 0 aromatic heterocycles. The molecule has 26 heavy (non-hydrogen) atoms. The van der Waals surface area contributed by atoms with Crippen LogP contribution in [0, 0.1) is 13.8 Å². The topological polar surface area (TPSA) is 18.5 Å². The van der Waals surface area contributed by atoms with E-state index in [2.05, 4.69) is 62.4 Å². The molecule has 142 valence electrons. The fraction of sp³-hybridized carbons (Fsp3) is 0.500. The number of rotatable bonds is 13. The molecule has 0 saturated heterocycles. The third kappa shape index (κ3) is 8.94. The van der Waals surface area contributed by atoms with Gasteiger partial charge in [-0.25, -0.2) is 0 Å². The highest BCUT2D eigenvalue weighted by Gasteiger charge is 1.96. The van der Waals surface area contributed by atoms with Crippen molar-refractivity contribution in [1.82, 2.24) is 0 Å². The highest BCUT2D eigenvalue weighted by Crippen LogP contribution is 2.14. The van der Waals surface area contributed by atoms with E-state index in [-0.39, 0.29) is 0 Å². The zero-order valence-electron chi connectivity index (χ0n) is 16.5. The number of hydrogen-bond donors (Lipinski definition) is 0. The average Bonchev–Trinajstić information content (AvgIpc) is 2.65. The molecular formula is C24H34O2. The van der Waals surface area contributed by atoms with Gasteiger partial charge in [0.05, 0.1) is 13.2 Å². The molecule has 2 nitrogen and oxygen atoms in total. The van der Waals surface area contributed by atoms with E-state index < -0.39 is 0 Å². The lowest BCUT2D eigenvalue weighted by atomic mass is 10.1. The third-order valence-corrected chi connectivity index (χ3v) is 4.62. The van der Waals surface area contributed by atoms with Crippen molar-refractivity contribution in [1.29, 1.82) is 0 Å². The van der Waals surface area contributed by atoms with E-state index in [1.54, 1.807) is 0 Å². The van der Waals surface area contributed by atoms with Gasteiger partial charge in [-0.2, -0.15) is 0 Å². The van der Waals surface area contributed by atoms with Crippen LogP contribution in [0.15, 0.2) is 48.5 Å². The molecule has 2 heteroatoms. The second-order valence-corrected chi connectivity index (χ2v) is 7.15. The summed E-state index contributed by atoms with van der Waals surface area (Å²) in [6, 6.07) is 16.6. The minimum Gasteiger partial charge on any atom is -0.494 e. The SMILES string of the molecule is Cc1ccc(OCCCCCCCCCCOc2ccc(C)cc2)cc1. The molecule has 0 aliphatic heterocycles. The molecule has 2 rings (SSSR count). The van der Waals surface area contributed by atoms with Crippen molar-refractivity contribution >= 4 is 0 Å². The Labute approximate surface area is 159 Å². The summed E-state index contributed by atoms with van der Waals surface area (Å²) in [6.07, 6.45) is 10.1. The lowest BCUT2D eigenvalue weighted by Crippen LogP contribution is -1.97. The van der Waals surface area contributed by atoms with E-state index in [4.69, 9.17) is 9.47 Å². The molecule has 0 aliphatic rings. The Morgan fingerprint density at radius 2 is 0.769 bits per heavy atom. The van der Waals surface area contributed by atoms with Crippen LogP contribution in [0.3, 0.4) is 0 Å². The molecule has 0 atom stereocenters. The maximum absolute atomic E-state index is 5.76. The van der Waals surface area contributed by atoms with Crippen molar-refractivity contribution in [3.63, 3.8) is 0 Å². The first-order valence-corrected chi connectivity index (χ1v) is 10.1. The second kappa shape index (κ2) is 12.4. The predicted octanol–water partition coefficient (Wildman–Crippen LogP) is 6.88. The van der Waals surface area contributed by atoms with Gasteiger partial charge >= 0.3 is 0 Å². The Bertz CT molecular complexity index is 531. The zero-order valence-corrected chi connectivity index (χ0v) is 16.5. The van der Waals surface area contributed by atoms with Crippen LogP contribution in [0.1, 0.15) is 62.5 Å². The van der Waals surface area contributed by atoms with E-state index >= 15 is 0 Å². The summed E-state index contributed by atoms with van der Waals surface area (Å²) in [5.41, 5.74) is 2.55. The van der Waals surface area contributed by atoms with Crippen LogP contribution in [0.2, 0.25) is 0 Å². The molecular weight excluding hydrogens is 320 g/mol.